The van der Waals surface area contributed by atoms with Gasteiger partial charge < -0.3 is 4.42 Å². The quantitative estimate of drug-likeness (QED) is 0.562. The molecule has 0 spiro atoms. The fourth-order valence-corrected chi connectivity index (χ4v) is 2.76. The van der Waals surface area contributed by atoms with Gasteiger partial charge in [0.1, 0.15) is 11.3 Å². The molecule has 23 heavy (non-hydrogen) atoms. The largest absolute Gasteiger partial charge is 0.415 e. The molecule has 0 N–H and O–H groups in total. The lowest BCUT2D eigenvalue weighted by molar-refractivity contribution is 0.580. The molecule has 3 aromatic heterocycles. The van der Waals surface area contributed by atoms with Crippen LogP contribution in [0.3, 0.4) is 0 Å². The van der Waals surface area contributed by atoms with Crippen molar-refractivity contribution in [3.8, 4) is 23.0 Å². The van der Waals surface area contributed by atoms with Gasteiger partial charge in [-0.15, -0.1) is 10.2 Å². The molecule has 4 aromatic rings. The molecule has 0 radical (unpaired) electrons. The molecule has 0 aliphatic heterocycles. The zero-order chi connectivity index (χ0) is 16.0. The minimum absolute atomic E-state index is 0.483. The summed E-state index contributed by atoms with van der Waals surface area (Å²) < 4.78 is 7.91. The van der Waals surface area contributed by atoms with Crippen LogP contribution in [-0.2, 0) is 0 Å². The second kappa shape index (κ2) is 5.05. The molecule has 0 unspecified atom stereocenters. The van der Waals surface area contributed by atoms with Crippen molar-refractivity contribution in [3.05, 3.63) is 59.4 Å². The van der Waals surface area contributed by atoms with Crippen LogP contribution in [0.5, 0.6) is 0 Å². The first kappa shape index (κ1) is 13.7. The van der Waals surface area contributed by atoms with Crippen LogP contribution >= 0.6 is 0 Å². The number of hydrogen-bond donors (Lipinski definition) is 0. The van der Waals surface area contributed by atoms with Gasteiger partial charge in [-0.3, -0.25) is 4.40 Å². The first-order valence-corrected chi connectivity index (χ1v) is 7.48. The monoisotopic (exact) mass is 304 g/mol. The summed E-state index contributed by atoms with van der Waals surface area (Å²) in [5.41, 5.74) is 5.82. The Bertz CT molecular complexity index is 1010. The average molecular weight is 304 g/mol. The molecular weight excluding hydrogens is 288 g/mol. The van der Waals surface area contributed by atoms with Crippen LogP contribution in [0.15, 0.2) is 47.0 Å². The highest BCUT2D eigenvalue weighted by Gasteiger charge is 2.18. The molecule has 0 aliphatic carbocycles. The summed E-state index contributed by atoms with van der Waals surface area (Å²) in [6.07, 6.45) is 1.98. The SMILES string of the molecule is Cc1ccn2c(-c3nnc(-c4ccccc4C)o3)c(C)nc2c1. The Labute approximate surface area is 133 Å². The predicted octanol–water partition coefficient (Wildman–Crippen LogP) is 3.98. The summed E-state index contributed by atoms with van der Waals surface area (Å²) in [6.45, 7) is 6.03. The molecule has 0 saturated carbocycles. The number of nitrogens with zero attached hydrogens (tertiary/aromatic N) is 4. The number of benzene rings is 1. The summed E-state index contributed by atoms with van der Waals surface area (Å²) in [5.74, 6) is 1.01. The van der Waals surface area contributed by atoms with Crippen LogP contribution in [0.25, 0.3) is 28.7 Å². The first-order chi connectivity index (χ1) is 11.1. The van der Waals surface area contributed by atoms with Gasteiger partial charge in [-0.25, -0.2) is 4.98 Å². The van der Waals surface area contributed by atoms with Gasteiger partial charge in [-0.1, -0.05) is 18.2 Å². The zero-order valence-corrected chi connectivity index (χ0v) is 13.2. The van der Waals surface area contributed by atoms with Crippen molar-refractivity contribution in [1.82, 2.24) is 19.6 Å². The maximum atomic E-state index is 5.93. The summed E-state index contributed by atoms with van der Waals surface area (Å²) in [6, 6.07) is 12.0. The van der Waals surface area contributed by atoms with Crippen LogP contribution in [0.2, 0.25) is 0 Å². The number of pyridine rings is 1. The zero-order valence-electron chi connectivity index (χ0n) is 13.2. The number of aromatic nitrogens is 4. The van der Waals surface area contributed by atoms with Crippen LogP contribution in [0.4, 0.5) is 0 Å². The Morgan fingerprint density at radius 1 is 0.957 bits per heavy atom. The Hall–Kier alpha value is -2.95. The normalized spacial score (nSPS) is 11.3. The number of hydrogen-bond acceptors (Lipinski definition) is 4. The minimum atomic E-state index is 0.483. The van der Waals surface area contributed by atoms with Crippen molar-refractivity contribution >= 4 is 5.65 Å². The van der Waals surface area contributed by atoms with Gasteiger partial charge >= 0.3 is 0 Å². The lowest BCUT2D eigenvalue weighted by atomic mass is 10.1. The van der Waals surface area contributed by atoms with E-state index >= 15 is 0 Å². The van der Waals surface area contributed by atoms with E-state index in [1.165, 1.54) is 5.56 Å². The fourth-order valence-electron chi connectivity index (χ4n) is 2.76. The molecule has 5 nitrogen and oxygen atoms in total. The molecule has 1 aromatic carbocycles. The summed E-state index contributed by atoms with van der Waals surface area (Å²) in [4.78, 5) is 4.59. The van der Waals surface area contributed by atoms with Gasteiger partial charge in [0.2, 0.25) is 5.89 Å². The van der Waals surface area contributed by atoms with Gasteiger partial charge in [0.05, 0.1) is 5.69 Å². The van der Waals surface area contributed by atoms with Crippen molar-refractivity contribution in [3.63, 3.8) is 0 Å². The van der Waals surface area contributed by atoms with Crippen LogP contribution in [-0.4, -0.2) is 19.6 Å². The molecule has 0 fully saturated rings. The van der Waals surface area contributed by atoms with Crippen molar-refractivity contribution in [2.24, 2.45) is 0 Å². The van der Waals surface area contributed by atoms with Gasteiger partial charge in [0, 0.05) is 11.8 Å². The van der Waals surface area contributed by atoms with Crippen LogP contribution in [0.1, 0.15) is 16.8 Å². The molecule has 114 valence electrons. The van der Waals surface area contributed by atoms with E-state index in [0.717, 1.165) is 28.2 Å². The van der Waals surface area contributed by atoms with Crippen molar-refractivity contribution in [2.75, 3.05) is 0 Å². The minimum Gasteiger partial charge on any atom is -0.415 e. The lowest BCUT2D eigenvalue weighted by Crippen LogP contribution is -1.89. The topological polar surface area (TPSA) is 56.2 Å². The second-order valence-corrected chi connectivity index (χ2v) is 5.71. The number of rotatable bonds is 2. The van der Waals surface area contributed by atoms with Crippen molar-refractivity contribution in [2.45, 2.75) is 20.8 Å². The van der Waals surface area contributed by atoms with Crippen LogP contribution < -0.4 is 0 Å². The summed E-state index contributed by atoms with van der Waals surface area (Å²) in [5, 5.41) is 8.44. The third kappa shape index (κ3) is 2.21. The standard InChI is InChI=1S/C18H16N4O/c1-11-8-9-22-15(10-11)19-13(3)16(22)18-21-20-17(23-18)14-7-5-4-6-12(14)2/h4-10H,1-3H3. The first-order valence-electron chi connectivity index (χ1n) is 7.48. The van der Waals surface area contributed by atoms with E-state index in [4.69, 9.17) is 4.42 Å². The third-order valence-electron chi connectivity index (χ3n) is 3.96. The van der Waals surface area contributed by atoms with Gasteiger partial charge in [0.15, 0.2) is 0 Å². The highest BCUT2D eigenvalue weighted by Crippen LogP contribution is 2.28. The Kier molecular flexibility index (Phi) is 3.01. The molecule has 0 saturated heterocycles. The molecular formula is C18H16N4O. The Balaban J connectivity index is 1.87. The van der Waals surface area contributed by atoms with E-state index in [9.17, 15) is 0 Å². The van der Waals surface area contributed by atoms with Gasteiger partial charge in [0.25, 0.3) is 5.89 Å². The number of imidazole rings is 1. The Morgan fingerprint density at radius 3 is 2.57 bits per heavy atom. The highest BCUT2D eigenvalue weighted by atomic mass is 16.4. The van der Waals surface area contributed by atoms with E-state index in [-0.39, 0.29) is 0 Å². The summed E-state index contributed by atoms with van der Waals surface area (Å²) >= 11 is 0. The molecule has 0 amide bonds. The maximum absolute atomic E-state index is 5.93. The van der Waals surface area contributed by atoms with Gasteiger partial charge in [-0.2, -0.15) is 0 Å². The lowest BCUT2D eigenvalue weighted by Gasteiger charge is -2.00. The summed E-state index contributed by atoms with van der Waals surface area (Å²) in [7, 11) is 0. The average Bonchev–Trinajstić information content (AvgIpc) is 3.10. The molecule has 0 bridgehead atoms. The van der Waals surface area contributed by atoms with E-state index in [1.54, 1.807) is 0 Å². The maximum Gasteiger partial charge on any atom is 0.266 e. The third-order valence-corrected chi connectivity index (χ3v) is 3.96. The molecule has 0 aliphatic rings. The smallest absolute Gasteiger partial charge is 0.266 e. The van der Waals surface area contributed by atoms with E-state index in [0.29, 0.717) is 11.8 Å². The van der Waals surface area contributed by atoms with E-state index in [1.807, 2.05) is 67.8 Å². The van der Waals surface area contributed by atoms with E-state index < -0.39 is 0 Å². The molecule has 5 heteroatoms. The number of fused-ring (bicyclic) bond motifs is 1. The molecule has 0 atom stereocenters. The van der Waals surface area contributed by atoms with E-state index in [2.05, 4.69) is 15.2 Å². The molecule has 3 heterocycles. The van der Waals surface area contributed by atoms with Crippen LogP contribution in [0, 0.1) is 20.8 Å². The second-order valence-electron chi connectivity index (χ2n) is 5.71. The van der Waals surface area contributed by atoms with Crippen molar-refractivity contribution in [1.29, 1.82) is 0 Å². The molecule has 4 rings (SSSR count). The predicted molar refractivity (Wildman–Crippen MR) is 88.1 cm³/mol. The highest BCUT2D eigenvalue weighted by molar-refractivity contribution is 5.63. The van der Waals surface area contributed by atoms with Gasteiger partial charge in [-0.05, 0) is 50.1 Å². The number of aryl methyl sites for hydroxylation is 3. The van der Waals surface area contributed by atoms with Crippen molar-refractivity contribution < 1.29 is 4.42 Å². The Morgan fingerprint density at radius 2 is 1.74 bits per heavy atom. The fraction of sp³-hybridized carbons (Fsp3) is 0.167.